The van der Waals surface area contributed by atoms with Gasteiger partial charge in [0.2, 0.25) is 0 Å². The van der Waals surface area contributed by atoms with Crippen LogP contribution in [-0.2, 0) is 16.1 Å². The lowest BCUT2D eigenvalue weighted by Crippen LogP contribution is -2.27. The molecule has 5 nitrogen and oxygen atoms in total. The number of hydrogen-bond donors (Lipinski definition) is 1. The van der Waals surface area contributed by atoms with Crippen LogP contribution in [0.5, 0.6) is 5.75 Å². The van der Waals surface area contributed by atoms with Gasteiger partial charge in [0.25, 0.3) is 11.8 Å². The normalized spacial score (nSPS) is 14.6. The monoisotopic (exact) mass is 474 g/mol. The van der Waals surface area contributed by atoms with E-state index < -0.39 is 0 Å². The highest BCUT2D eigenvalue weighted by Crippen LogP contribution is 2.34. The van der Waals surface area contributed by atoms with Crippen LogP contribution in [-0.4, -0.2) is 27.6 Å². The molecule has 1 heterocycles. The van der Waals surface area contributed by atoms with Gasteiger partial charge >= 0.3 is 0 Å². The first-order chi connectivity index (χ1) is 16.0. The van der Waals surface area contributed by atoms with Gasteiger partial charge in [-0.2, -0.15) is 0 Å². The van der Waals surface area contributed by atoms with Crippen LogP contribution >= 0.6 is 24.0 Å². The van der Waals surface area contributed by atoms with Crippen molar-refractivity contribution in [3.05, 3.63) is 100 Å². The predicted octanol–water partition coefficient (Wildman–Crippen LogP) is 5.41. The average molecular weight is 475 g/mol. The van der Waals surface area contributed by atoms with Gasteiger partial charge in [0.05, 0.1) is 11.4 Å². The van der Waals surface area contributed by atoms with Crippen LogP contribution in [0.1, 0.15) is 16.7 Å². The lowest BCUT2D eigenvalue weighted by molar-refractivity contribution is -0.122. The highest BCUT2D eigenvalue weighted by molar-refractivity contribution is 8.26. The third-order valence-corrected chi connectivity index (χ3v) is 6.26. The zero-order valence-corrected chi connectivity index (χ0v) is 19.6. The fourth-order valence-corrected chi connectivity index (χ4v) is 4.57. The number of carbonyl (C=O) groups excluding carboxylic acids is 2. The number of carbonyl (C=O) groups is 2. The summed E-state index contributed by atoms with van der Waals surface area (Å²) < 4.78 is 6.19. The van der Waals surface area contributed by atoms with Crippen molar-refractivity contribution in [3.8, 4) is 5.75 Å². The van der Waals surface area contributed by atoms with Crippen molar-refractivity contribution in [3.63, 3.8) is 0 Å². The molecule has 0 aromatic heterocycles. The lowest BCUT2D eigenvalue weighted by Gasteiger charge is -2.14. The number of thiocarbonyl (C=S) groups is 1. The molecule has 1 fully saturated rings. The highest BCUT2D eigenvalue weighted by Gasteiger charge is 2.31. The Morgan fingerprint density at radius 3 is 2.64 bits per heavy atom. The molecular formula is C26H22N2O3S2. The molecule has 4 rings (SSSR count). The zero-order valence-electron chi connectivity index (χ0n) is 18.0. The van der Waals surface area contributed by atoms with Crippen molar-refractivity contribution < 1.29 is 14.3 Å². The molecule has 7 heteroatoms. The second-order valence-electron chi connectivity index (χ2n) is 7.53. The SMILES string of the molecule is Cc1cccc(NC(=O)COc2cccc(/C=C3\SC(=S)N(Cc4ccccc4)C3=O)c2)c1. The summed E-state index contributed by atoms with van der Waals surface area (Å²) in [7, 11) is 0. The molecule has 0 aliphatic carbocycles. The van der Waals surface area contributed by atoms with E-state index in [1.54, 1.807) is 23.1 Å². The molecule has 0 radical (unpaired) electrons. The number of anilines is 1. The van der Waals surface area contributed by atoms with Crippen LogP contribution in [0.4, 0.5) is 5.69 Å². The lowest BCUT2D eigenvalue weighted by atomic mass is 10.2. The number of ether oxygens (including phenoxy) is 1. The van der Waals surface area contributed by atoms with Crippen LogP contribution in [0, 0.1) is 6.92 Å². The summed E-state index contributed by atoms with van der Waals surface area (Å²) in [6.07, 6.45) is 1.80. The Balaban J connectivity index is 1.38. The summed E-state index contributed by atoms with van der Waals surface area (Å²) >= 11 is 6.71. The maximum Gasteiger partial charge on any atom is 0.266 e. The molecule has 1 aliphatic heterocycles. The fourth-order valence-electron chi connectivity index (χ4n) is 3.32. The van der Waals surface area contributed by atoms with Crippen molar-refractivity contribution in [2.75, 3.05) is 11.9 Å². The molecule has 1 saturated heterocycles. The van der Waals surface area contributed by atoms with Crippen LogP contribution in [0.15, 0.2) is 83.8 Å². The Morgan fingerprint density at radius 1 is 1.06 bits per heavy atom. The van der Waals surface area contributed by atoms with E-state index in [2.05, 4.69) is 5.32 Å². The molecule has 0 atom stereocenters. The van der Waals surface area contributed by atoms with Gasteiger partial charge in [-0.1, -0.05) is 78.6 Å². The van der Waals surface area contributed by atoms with Crippen LogP contribution < -0.4 is 10.1 Å². The Morgan fingerprint density at radius 2 is 1.85 bits per heavy atom. The smallest absolute Gasteiger partial charge is 0.266 e. The molecule has 0 spiro atoms. The van der Waals surface area contributed by atoms with Crippen molar-refractivity contribution in [1.29, 1.82) is 0 Å². The zero-order chi connectivity index (χ0) is 23.2. The molecule has 3 aromatic rings. The first kappa shape index (κ1) is 22.8. The number of hydrogen-bond acceptors (Lipinski definition) is 5. The summed E-state index contributed by atoms with van der Waals surface area (Å²) in [4.78, 5) is 27.3. The highest BCUT2D eigenvalue weighted by atomic mass is 32.2. The number of rotatable bonds is 7. The number of amides is 2. The Bertz CT molecular complexity index is 1220. The van der Waals surface area contributed by atoms with E-state index in [-0.39, 0.29) is 18.4 Å². The van der Waals surface area contributed by atoms with Gasteiger partial charge in [-0.05, 0) is 54.0 Å². The summed E-state index contributed by atoms with van der Waals surface area (Å²) in [6.45, 7) is 2.30. The first-order valence-corrected chi connectivity index (χ1v) is 11.6. The van der Waals surface area contributed by atoms with Gasteiger partial charge in [-0.15, -0.1) is 0 Å². The van der Waals surface area contributed by atoms with E-state index in [1.807, 2.05) is 73.7 Å². The minimum absolute atomic E-state index is 0.113. The van der Waals surface area contributed by atoms with Crippen molar-refractivity contribution in [2.24, 2.45) is 0 Å². The molecule has 166 valence electrons. The van der Waals surface area contributed by atoms with E-state index in [9.17, 15) is 9.59 Å². The fraction of sp³-hybridized carbons (Fsp3) is 0.115. The topological polar surface area (TPSA) is 58.6 Å². The number of benzene rings is 3. The third kappa shape index (κ3) is 6.09. The van der Waals surface area contributed by atoms with E-state index in [0.717, 1.165) is 22.4 Å². The molecule has 33 heavy (non-hydrogen) atoms. The summed E-state index contributed by atoms with van der Waals surface area (Å²) in [5.74, 6) is 0.188. The van der Waals surface area contributed by atoms with E-state index in [0.29, 0.717) is 21.5 Å². The third-order valence-electron chi connectivity index (χ3n) is 4.88. The second-order valence-corrected chi connectivity index (χ2v) is 9.21. The maximum atomic E-state index is 12.9. The molecule has 3 aromatic carbocycles. The van der Waals surface area contributed by atoms with Crippen LogP contribution in [0.2, 0.25) is 0 Å². The van der Waals surface area contributed by atoms with Crippen molar-refractivity contribution >= 4 is 51.9 Å². The van der Waals surface area contributed by atoms with Gasteiger partial charge in [0.15, 0.2) is 6.61 Å². The number of aryl methyl sites for hydroxylation is 1. The standard InChI is InChI=1S/C26H22N2O3S2/c1-18-7-5-11-21(13-18)27-24(29)17-31-22-12-6-10-20(14-22)15-23-25(30)28(26(32)33-23)16-19-8-3-2-4-9-19/h2-15H,16-17H2,1H3,(H,27,29)/b23-15-. The number of nitrogens with zero attached hydrogens (tertiary/aromatic N) is 1. The van der Waals surface area contributed by atoms with Crippen LogP contribution in [0.25, 0.3) is 6.08 Å². The maximum absolute atomic E-state index is 12.9. The molecular weight excluding hydrogens is 452 g/mol. The first-order valence-electron chi connectivity index (χ1n) is 10.4. The molecule has 1 N–H and O–H groups in total. The van der Waals surface area contributed by atoms with Crippen molar-refractivity contribution in [1.82, 2.24) is 4.90 Å². The van der Waals surface area contributed by atoms with Gasteiger partial charge in [0, 0.05) is 5.69 Å². The Kier molecular flexibility index (Phi) is 7.22. The molecule has 0 unspecified atom stereocenters. The Labute approximate surface area is 202 Å². The predicted molar refractivity (Wildman–Crippen MR) is 137 cm³/mol. The van der Waals surface area contributed by atoms with Gasteiger partial charge in [-0.3, -0.25) is 14.5 Å². The summed E-state index contributed by atoms with van der Waals surface area (Å²) in [5, 5.41) is 2.82. The Hall–Kier alpha value is -3.42. The summed E-state index contributed by atoms with van der Waals surface area (Å²) in [5.41, 5.74) is 3.62. The number of thioether (sulfide) groups is 1. The van der Waals surface area contributed by atoms with Gasteiger partial charge in [0.1, 0.15) is 10.1 Å². The molecule has 1 aliphatic rings. The molecule has 0 bridgehead atoms. The van der Waals surface area contributed by atoms with Gasteiger partial charge < -0.3 is 10.1 Å². The number of nitrogens with one attached hydrogen (secondary N) is 1. The van der Waals surface area contributed by atoms with E-state index in [1.165, 1.54) is 11.8 Å². The molecule has 2 amide bonds. The minimum atomic E-state index is -0.243. The van der Waals surface area contributed by atoms with Gasteiger partial charge in [-0.25, -0.2) is 0 Å². The average Bonchev–Trinajstić information content (AvgIpc) is 3.06. The molecule has 0 saturated carbocycles. The second kappa shape index (κ2) is 10.5. The van der Waals surface area contributed by atoms with Crippen LogP contribution in [0.3, 0.4) is 0 Å². The summed E-state index contributed by atoms with van der Waals surface area (Å²) in [6, 6.07) is 24.6. The quantitative estimate of drug-likeness (QED) is 0.366. The largest absolute Gasteiger partial charge is 0.484 e. The van der Waals surface area contributed by atoms with Crippen molar-refractivity contribution in [2.45, 2.75) is 13.5 Å². The van der Waals surface area contributed by atoms with E-state index in [4.69, 9.17) is 17.0 Å². The minimum Gasteiger partial charge on any atom is -0.484 e. The van der Waals surface area contributed by atoms with E-state index >= 15 is 0 Å².